The van der Waals surface area contributed by atoms with Crippen molar-refractivity contribution in [2.45, 2.75) is 45.8 Å². The van der Waals surface area contributed by atoms with E-state index in [-0.39, 0.29) is 30.1 Å². The third kappa shape index (κ3) is 5.17. The zero-order valence-corrected chi connectivity index (χ0v) is 17.8. The quantitative estimate of drug-likeness (QED) is 0.691. The molecule has 0 radical (unpaired) electrons. The minimum absolute atomic E-state index is 0.101. The summed E-state index contributed by atoms with van der Waals surface area (Å²) < 4.78 is 28.0. The number of carbonyl (C=O) groups excluding carboxylic acids is 2. The maximum atomic E-state index is 12.3. The van der Waals surface area contributed by atoms with Gasteiger partial charge in [0.25, 0.3) is 0 Å². The highest BCUT2D eigenvalue weighted by Crippen LogP contribution is 2.30. The van der Waals surface area contributed by atoms with Gasteiger partial charge in [-0.15, -0.1) is 0 Å². The molecule has 1 atom stereocenters. The number of benzene rings is 1. The van der Waals surface area contributed by atoms with E-state index in [1.165, 1.54) is 0 Å². The van der Waals surface area contributed by atoms with E-state index in [9.17, 15) is 18.0 Å². The topological polar surface area (TPSA) is 84.0 Å². The first-order chi connectivity index (χ1) is 12.9. The Labute approximate surface area is 170 Å². The summed E-state index contributed by atoms with van der Waals surface area (Å²) in [6.07, 6.45) is 0.515. The highest BCUT2D eigenvalue weighted by atomic mass is 35.7. The van der Waals surface area contributed by atoms with Crippen molar-refractivity contribution in [1.29, 1.82) is 0 Å². The molecule has 154 valence electrons. The number of halogens is 1. The predicted octanol–water partition coefficient (Wildman–Crippen LogP) is 2.90. The molecule has 2 aliphatic rings. The summed E-state index contributed by atoms with van der Waals surface area (Å²) in [5.41, 5.74) is 2.32. The number of fused-ring (bicyclic) bond motifs is 1. The van der Waals surface area contributed by atoms with Gasteiger partial charge in [-0.2, -0.15) is 0 Å². The number of rotatable bonds is 3. The fourth-order valence-corrected chi connectivity index (χ4v) is 4.93. The molecule has 0 aromatic heterocycles. The highest BCUT2D eigenvalue weighted by Gasteiger charge is 2.34. The number of nitrogens with zero attached hydrogens (tertiary/aromatic N) is 2. The highest BCUT2D eigenvalue weighted by molar-refractivity contribution is 8.13. The number of anilines is 1. The molecule has 1 unspecified atom stereocenters. The van der Waals surface area contributed by atoms with Crippen LogP contribution >= 0.6 is 10.7 Å². The van der Waals surface area contributed by atoms with Crippen LogP contribution in [0.2, 0.25) is 0 Å². The smallest absolute Gasteiger partial charge is 0.410 e. The van der Waals surface area contributed by atoms with Crippen LogP contribution in [-0.4, -0.2) is 49.8 Å². The van der Waals surface area contributed by atoms with Gasteiger partial charge in [0.1, 0.15) is 5.60 Å². The molecule has 2 amide bonds. The van der Waals surface area contributed by atoms with E-state index in [1.807, 2.05) is 39.0 Å². The summed E-state index contributed by atoms with van der Waals surface area (Å²) in [7, 11) is 1.69. The number of amides is 2. The van der Waals surface area contributed by atoms with Crippen LogP contribution in [0.1, 0.15) is 38.3 Å². The Hall–Kier alpha value is -1.80. The summed E-state index contributed by atoms with van der Waals surface area (Å²) >= 11 is 0. The first-order valence-corrected chi connectivity index (χ1v) is 11.7. The van der Waals surface area contributed by atoms with E-state index < -0.39 is 14.7 Å². The van der Waals surface area contributed by atoms with Crippen LogP contribution in [-0.2, 0) is 31.5 Å². The lowest BCUT2D eigenvalue weighted by Gasteiger charge is -2.31. The van der Waals surface area contributed by atoms with Gasteiger partial charge >= 0.3 is 6.09 Å². The standard InChI is InChI=1S/C19H25ClN2O5S/c1-19(2,3)27-18(24)21-7-6-14-9-16(5-4-15(14)11-21)22-10-13(8-17(22)23)12-28(20,25)26/h4-5,9,13H,6-8,10-12H2,1-3H3. The van der Waals surface area contributed by atoms with Gasteiger partial charge in [0.2, 0.25) is 15.0 Å². The summed E-state index contributed by atoms with van der Waals surface area (Å²) in [6.45, 7) is 6.87. The van der Waals surface area contributed by atoms with Gasteiger partial charge in [0.15, 0.2) is 0 Å². The second kappa shape index (κ2) is 7.55. The van der Waals surface area contributed by atoms with Crippen molar-refractivity contribution < 1.29 is 22.7 Å². The van der Waals surface area contributed by atoms with Crippen molar-refractivity contribution in [3.63, 3.8) is 0 Å². The molecule has 2 aliphatic heterocycles. The molecule has 0 N–H and O–H groups in total. The minimum atomic E-state index is -3.63. The fourth-order valence-electron chi connectivity index (χ4n) is 3.61. The van der Waals surface area contributed by atoms with Crippen molar-refractivity contribution in [3.05, 3.63) is 29.3 Å². The second-order valence-corrected chi connectivity index (χ2v) is 11.2. The first-order valence-electron chi connectivity index (χ1n) is 9.24. The van der Waals surface area contributed by atoms with Crippen LogP contribution < -0.4 is 4.90 Å². The van der Waals surface area contributed by atoms with Crippen LogP contribution in [0.25, 0.3) is 0 Å². The lowest BCUT2D eigenvalue weighted by Crippen LogP contribution is -2.40. The van der Waals surface area contributed by atoms with Crippen molar-refractivity contribution in [2.75, 3.05) is 23.7 Å². The molecule has 0 aliphatic carbocycles. The minimum Gasteiger partial charge on any atom is -0.444 e. The average molecular weight is 429 g/mol. The molecule has 1 aromatic carbocycles. The van der Waals surface area contributed by atoms with Crippen molar-refractivity contribution in [3.8, 4) is 0 Å². The Morgan fingerprint density at radius 1 is 1.29 bits per heavy atom. The van der Waals surface area contributed by atoms with E-state index >= 15 is 0 Å². The average Bonchev–Trinajstić information content (AvgIpc) is 2.90. The molecule has 1 saturated heterocycles. The largest absolute Gasteiger partial charge is 0.444 e. The van der Waals surface area contributed by atoms with E-state index in [4.69, 9.17) is 15.4 Å². The molecule has 9 heteroatoms. The fraction of sp³-hybridized carbons (Fsp3) is 0.579. The van der Waals surface area contributed by atoms with Gasteiger partial charge in [-0.05, 0) is 50.5 Å². The van der Waals surface area contributed by atoms with Gasteiger partial charge < -0.3 is 14.5 Å². The van der Waals surface area contributed by atoms with E-state index in [1.54, 1.807) is 9.80 Å². The SMILES string of the molecule is CC(C)(C)OC(=O)N1CCc2cc(N3CC(CS(=O)(=O)Cl)CC3=O)ccc2C1. The predicted molar refractivity (Wildman–Crippen MR) is 107 cm³/mol. The Balaban J connectivity index is 1.70. The maximum Gasteiger partial charge on any atom is 0.410 e. The monoisotopic (exact) mass is 428 g/mol. The molecule has 28 heavy (non-hydrogen) atoms. The summed E-state index contributed by atoms with van der Waals surface area (Å²) in [5, 5.41) is 0. The summed E-state index contributed by atoms with van der Waals surface area (Å²) in [6, 6.07) is 5.71. The van der Waals surface area contributed by atoms with Crippen LogP contribution in [0.15, 0.2) is 18.2 Å². The number of carbonyl (C=O) groups is 2. The molecule has 0 spiro atoms. The molecule has 0 bridgehead atoms. The van der Waals surface area contributed by atoms with Crippen LogP contribution in [0.5, 0.6) is 0 Å². The number of ether oxygens (including phenoxy) is 1. The lowest BCUT2D eigenvalue weighted by molar-refractivity contribution is -0.117. The van der Waals surface area contributed by atoms with Crippen molar-refractivity contribution >= 4 is 37.4 Å². The van der Waals surface area contributed by atoms with Crippen LogP contribution in [0.3, 0.4) is 0 Å². The summed E-state index contributed by atoms with van der Waals surface area (Å²) in [4.78, 5) is 27.9. The van der Waals surface area contributed by atoms with Crippen molar-refractivity contribution in [1.82, 2.24) is 4.90 Å². The van der Waals surface area contributed by atoms with Gasteiger partial charge in [0.05, 0.1) is 5.75 Å². The zero-order chi connectivity index (χ0) is 20.7. The molecular formula is C19H25ClN2O5S. The molecular weight excluding hydrogens is 404 g/mol. The first kappa shape index (κ1) is 20.9. The Kier molecular flexibility index (Phi) is 5.64. The van der Waals surface area contributed by atoms with Crippen molar-refractivity contribution in [2.24, 2.45) is 5.92 Å². The normalized spacial score (nSPS) is 20.3. The van der Waals surface area contributed by atoms with Gasteiger partial charge in [-0.1, -0.05) is 6.07 Å². The zero-order valence-electron chi connectivity index (χ0n) is 16.3. The molecule has 0 saturated carbocycles. The van der Waals surface area contributed by atoms with E-state index in [0.29, 0.717) is 26.1 Å². The van der Waals surface area contributed by atoms with Gasteiger partial charge in [0, 0.05) is 48.3 Å². The molecule has 1 fully saturated rings. The molecule has 1 aromatic rings. The van der Waals surface area contributed by atoms with E-state index in [0.717, 1.165) is 16.8 Å². The maximum absolute atomic E-state index is 12.3. The Bertz CT molecular complexity index is 894. The molecule has 3 rings (SSSR count). The Morgan fingerprint density at radius 3 is 2.64 bits per heavy atom. The van der Waals surface area contributed by atoms with Crippen LogP contribution in [0, 0.1) is 5.92 Å². The number of hydrogen-bond acceptors (Lipinski definition) is 5. The molecule has 2 heterocycles. The third-order valence-corrected chi connectivity index (χ3v) is 6.05. The van der Waals surface area contributed by atoms with Crippen LogP contribution in [0.4, 0.5) is 10.5 Å². The van der Waals surface area contributed by atoms with E-state index in [2.05, 4.69) is 0 Å². The summed E-state index contributed by atoms with van der Waals surface area (Å²) in [5.74, 6) is -0.600. The Morgan fingerprint density at radius 2 is 2.00 bits per heavy atom. The number of hydrogen-bond donors (Lipinski definition) is 0. The van der Waals surface area contributed by atoms with Gasteiger partial charge in [-0.25, -0.2) is 13.2 Å². The second-order valence-electron chi connectivity index (χ2n) is 8.38. The molecule has 7 nitrogen and oxygen atoms in total. The third-order valence-electron chi connectivity index (χ3n) is 4.81. The lowest BCUT2D eigenvalue weighted by atomic mass is 9.99. The van der Waals surface area contributed by atoms with Gasteiger partial charge in [-0.3, -0.25) is 4.79 Å².